The van der Waals surface area contributed by atoms with Gasteiger partial charge in [-0.05, 0) is 59.9 Å². The Morgan fingerprint density at radius 1 is 0.933 bits per heavy atom. The van der Waals surface area contributed by atoms with Gasteiger partial charge >= 0.3 is 5.97 Å². The van der Waals surface area contributed by atoms with Crippen LogP contribution in [-0.2, 0) is 11.3 Å². The molecule has 3 aromatic carbocycles. The summed E-state index contributed by atoms with van der Waals surface area (Å²) >= 11 is 0. The third-order valence-corrected chi connectivity index (χ3v) is 5.19. The van der Waals surface area contributed by atoms with Crippen LogP contribution in [0.5, 0.6) is 0 Å². The fourth-order valence-corrected chi connectivity index (χ4v) is 3.49. The lowest BCUT2D eigenvalue weighted by Gasteiger charge is -2.23. The number of carbonyl (C=O) groups is 2. The minimum Gasteiger partial charge on any atom is -0.478 e. The van der Waals surface area contributed by atoms with Crippen molar-refractivity contribution in [2.45, 2.75) is 39.7 Å². The summed E-state index contributed by atoms with van der Waals surface area (Å²) < 4.78 is 0. The number of hydrogen-bond donors (Lipinski definition) is 1. The van der Waals surface area contributed by atoms with E-state index in [1.54, 1.807) is 12.1 Å². The van der Waals surface area contributed by atoms with Gasteiger partial charge in [0.15, 0.2) is 0 Å². The van der Waals surface area contributed by atoms with Crippen LogP contribution < -0.4 is 4.90 Å². The molecule has 4 heteroatoms. The van der Waals surface area contributed by atoms with Crippen molar-refractivity contribution in [2.24, 2.45) is 0 Å². The Bertz CT molecular complexity index is 1010. The Balaban J connectivity index is 1.82. The number of nitrogens with zero attached hydrogens (tertiary/aromatic N) is 1. The molecule has 0 heterocycles. The number of amides is 1. The van der Waals surface area contributed by atoms with Crippen LogP contribution in [0.4, 0.5) is 5.69 Å². The van der Waals surface area contributed by atoms with Crippen molar-refractivity contribution in [3.63, 3.8) is 0 Å². The van der Waals surface area contributed by atoms with Gasteiger partial charge in [0, 0.05) is 12.1 Å². The number of aryl methyl sites for hydroxylation is 1. The minimum absolute atomic E-state index is 0.132. The van der Waals surface area contributed by atoms with Gasteiger partial charge in [-0.15, -0.1) is 0 Å². The van der Waals surface area contributed by atoms with Gasteiger partial charge in [-0.3, -0.25) is 4.79 Å². The molecule has 0 aliphatic heterocycles. The Morgan fingerprint density at radius 3 is 2.23 bits per heavy atom. The lowest BCUT2D eigenvalue weighted by Crippen LogP contribution is -2.30. The number of aromatic carboxylic acids is 1. The molecule has 1 amide bonds. The highest BCUT2D eigenvalue weighted by Crippen LogP contribution is 2.26. The van der Waals surface area contributed by atoms with Crippen molar-refractivity contribution in [1.82, 2.24) is 0 Å². The van der Waals surface area contributed by atoms with Gasteiger partial charge in [-0.1, -0.05) is 61.9 Å². The zero-order valence-corrected chi connectivity index (χ0v) is 17.5. The smallest absolute Gasteiger partial charge is 0.335 e. The molecule has 30 heavy (non-hydrogen) atoms. The maximum Gasteiger partial charge on any atom is 0.335 e. The van der Waals surface area contributed by atoms with Crippen LogP contribution in [0.2, 0.25) is 0 Å². The lowest BCUT2D eigenvalue weighted by molar-refractivity contribution is -0.118. The maximum atomic E-state index is 12.8. The first-order valence-electron chi connectivity index (χ1n) is 10.3. The second-order valence-electron chi connectivity index (χ2n) is 7.45. The number of anilines is 1. The Kier molecular flexibility index (Phi) is 7.02. The fraction of sp³-hybridized carbons (Fsp3) is 0.231. The second-order valence-corrected chi connectivity index (χ2v) is 7.45. The predicted octanol–water partition coefficient (Wildman–Crippen LogP) is 6.08. The van der Waals surface area contributed by atoms with E-state index in [1.807, 2.05) is 72.5 Å². The average Bonchev–Trinajstić information content (AvgIpc) is 2.77. The molecule has 0 radical (unpaired) electrons. The zero-order chi connectivity index (χ0) is 21.5. The summed E-state index contributed by atoms with van der Waals surface area (Å²) in [7, 11) is 0. The normalized spacial score (nSPS) is 10.6. The van der Waals surface area contributed by atoms with Crippen LogP contribution in [0.1, 0.15) is 47.7 Å². The van der Waals surface area contributed by atoms with Crippen molar-refractivity contribution in [3.8, 4) is 11.1 Å². The second kappa shape index (κ2) is 9.88. The highest BCUT2D eigenvalue weighted by Gasteiger charge is 2.16. The van der Waals surface area contributed by atoms with Gasteiger partial charge < -0.3 is 10.0 Å². The molecule has 4 nitrogen and oxygen atoms in total. The largest absolute Gasteiger partial charge is 0.478 e. The molecule has 0 saturated heterocycles. The van der Waals surface area contributed by atoms with Gasteiger partial charge in [-0.25, -0.2) is 4.79 Å². The van der Waals surface area contributed by atoms with E-state index >= 15 is 0 Å². The maximum absolute atomic E-state index is 12.8. The molecule has 0 saturated carbocycles. The van der Waals surface area contributed by atoms with Crippen molar-refractivity contribution >= 4 is 17.6 Å². The molecule has 0 atom stereocenters. The Labute approximate surface area is 177 Å². The first-order chi connectivity index (χ1) is 14.5. The van der Waals surface area contributed by atoms with Gasteiger partial charge in [-0.2, -0.15) is 0 Å². The zero-order valence-electron chi connectivity index (χ0n) is 17.5. The average molecular weight is 402 g/mol. The molecular formula is C26H27NO3. The van der Waals surface area contributed by atoms with Gasteiger partial charge in [0.1, 0.15) is 0 Å². The van der Waals surface area contributed by atoms with Crippen LogP contribution in [0.15, 0.2) is 72.8 Å². The van der Waals surface area contributed by atoms with E-state index < -0.39 is 5.97 Å². The molecule has 0 aliphatic carbocycles. The number of carbonyl (C=O) groups excluding carboxylic acids is 1. The van der Waals surface area contributed by atoms with E-state index in [4.69, 9.17) is 5.11 Å². The molecule has 0 bridgehead atoms. The van der Waals surface area contributed by atoms with Crippen LogP contribution in [0.25, 0.3) is 11.1 Å². The van der Waals surface area contributed by atoms with Crippen LogP contribution >= 0.6 is 0 Å². The molecule has 0 unspecified atom stereocenters. The molecule has 3 rings (SSSR count). The molecule has 1 N–H and O–H groups in total. The summed E-state index contributed by atoms with van der Waals surface area (Å²) in [5.41, 5.74) is 5.19. The van der Waals surface area contributed by atoms with E-state index in [0.717, 1.165) is 40.8 Å². The number of carboxylic acids is 1. The van der Waals surface area contributed by atoms with Crippen molar-refractivity contribution in [1.29, 1.82) is 0 Å². The predicted molar refractivity (Wildman–Crippen MR) is 121 cm³/mol. The standard InChI is InChI=1S/C26H27NO3/c1-3-4-10-25(28)27(23-8-6-5-7-9-23)18-20-11-13-21(14-12-20)24-16-15-22(26(29)30)17-19(24)2/h5-9,11-17H,3-4,10,18H2,1-2H3,(H,29,30). The number of hydrogen-bond acceptors (Lipinski definition) is 2. The first kappa shape index (κ1) is 21.3. The van der Waals surface area contributed by atoms with Crippen molar-refractivity contribution in [3.05, 3.63) is 89.5 Å². The van der Waals surface area contributed by atoms with E-state index in [-0.39, 0.29) is 11.5 Å². The van der Waals surface area contributed by atoms with E-state index in [2.05, 4.69) is 6.92 Å². The number of para-hydroxylation sites is 1. The van der Waals surface area contributed by atoms with Gasteiger partial charge in [0.2, 0.25) is 5.91 Å². The summed E-state index contributed by atoms with van der Waals surface area (Å²) in [6, 6.07) is 23.0. The van der Waals surface area contributed by atoms with Crippen molar-refractivity contribution < 1.29 is 14.7 Å². The van der Waals surface area contributed by atoms with E-state index in [1.165, 1.54) is 0 Å². The molecular weight excluding hydrogens is 374 g/mol. The molecule has 0 aromatic heterocycles. The topological polar surface area (TPSA) is 57.6 Å². The third-order valence-electron chi connectivity index (χ3n) is 5.19. The molecule has 0 spiro atoms. The van der Waals surface area contributed by atoms with Crippen LogP contribution in [0.3, 0.4) is 0 Å². The molecule has 3 aromatic rings. The van der Waals surface area contributed by atoms with Gasteiger partial charge in [0.05, 0.1) is 12.1 Å². The van der Waals surface area contributed by atoms with Crippen LogP contribution in [0, 0.1) is 6.92 Å². The monoisotopic (exact) mass is 401 g/mol. The Morgan fingerprint density at radius 2 is 1.63 bits per heavy atom. The van der Waals surface area contributed by atoms with E-state index in [0.29, 0.717) is 13.0 Å². The Hall–Kier alpha value is -3.40. The summed E-state index contributed by atoms with van der Waals surface area (Å²) in [4.78, 5) is 25.8. The summed E-state index contributed by atoms with van der Waals surface area (Å²) in [6.45, 7) is 4.52. The number of unbranched alkanes of at least 4 members (excludes halogenated alkanes) is 1. The van der Waals surface area contributed by atoms with Gasteiger partial charge in [0.25, 0.3) is 0 Å². The minimum atomic E-state index is -0.922. The first-order valence-corrected chi connectivity index (χ1v) is 10.3. The number of carboxylic acid groups (broad SMARTS) is 1. The number of rotatable bonds is 8. The fourth-order valence-electron chi connectivity index (χ4n) is 3.49. The highest BCUT2D eigenvalue weighted by molar-refractivity contribution is 5.93. The molecule has 0 fully saturated rings. The molecule has 154 valence electrons. The summed E-state index contributed by atoms with van der Waals surface area (Å²) in [5.74, 6) is -0.791. The highest BCUT2D eigenvalue weighted by atomic mass is 16.4. The summed E-state index contributed by atoms with van der Waals surface area (Å²) in [5, 5.41) is 9.15. The van der Waals surface area contributed by atoms with Crippen molar-refractivity contribution in [2.75, 3.05) is 4.90 Å². The lowest BCUT2D eigenvalue weighted by atomic mass is 9.97. The quantitative estimate of drug-likeness (QED) is 0.497. The summed E-state index contributed by atoms with van der Waals surface area (Å²) in [6.07, 6.45) is 2.41. The number of benzene rings is 3. The SMILES string of the molecule is CCCCC(=O)N(Cc1ccc(-c2ccc(C(=O)O)cc2C)cc1)c1ccccc1. The van der Waals surface area contributed by atoms with Crippen LogP contribution in [-0.4, -0.2) is 17.0 Å². The molecule has 0 aliphatic rings. The third kappa shape index (κ3) is 5.15. The van der Waals surface area contributed by atoms with E-state index in [9.17, 15) is 9.59 Å².